The second-order valence-electron chi connectivity index (χ2n) is 7.45. The molecule has 3 atom stereocenters. The van der Waals surface area contributed by atoms with E-state index in [2.05, 4.69) is 43.0 Å². The van der Waals surface area contributed by atoms with E-state index < -0.39 is 0 Å². The highest BCUT2D eigenvalue weighted by atomic mass is 16.5. The third kappa shape index (κ3) is 2.69. The summed E-state index contributed by atoms with van der Waals surface area (Å²) in [7, 11) is 1.72. The quantitative estimate of drug-likeness (QED) is 0.927. The van der Waals surface area contributed by atoms with E-state index in [1.807, 2.05) is 0 Å². The predicted molar refractivity (Wildman–Crippen MR) is 86.4 cm³/mol. The van der Waals surface area contributed by atoms with Crippen molar-refractivity contribution in [2.24, 2.45) is 5.73 Å². The molecular formula is C18H28N2O. The van der Waals surface area contributed by atoms with Crippen LogP contribution in [0, 0.1) is 0 Å². The van der Waals surface area contributed by atoms with Crippen molar-refractivity contribution in [3.8, 4) is 5.75 Å². The molecule has 3 nitrogen and oxygen atoms in total. The van der Waals surface area contributed by atoms with Crippen LogP contribution in [-0.4, -0.2) is 29.1 Å². The Morgan fingerprint density at radius 2 is 1.71 bits per heavy atom. The molecule has 0 saturated carbocycles. The van der Waals surface area contributed by atoms with Crippen LogP contribution < -0.4 is 10.5 Å². The second-order valence-corrected chi connectivity index (χ2v) is 7.45. The molecule has 2 heterocycles. The van der Waals surface area contributed by atoms with Gasteiger partial charge in [0.25, 0.3) is 0 Å². The topological polar surface area (TPSA) is 38.5 Å². The summed E-state index contributed by atoms with van der Waals surface area (Å²) in [5, 5.41) is 0. The lowest BCUT2D eigenvalue weighted by Crippen LogP contribution is -2.67. The molecule has 2 N–H and O–H groups in total. The largest absolute Gasteiger partial charge is 0.497 e. The van der Waals surface area contributed by atoms with Crippen molar-refractivity contribution < 1.29 is 4.74 Å². The Hall–Kier alpha value is -1.06. The summed E-state index contributed by atoms with van der Waals surface area (Å²) in [5.74, 6) is 0.928. The van der Waals surface area contributed by atoms with E-state index in [1.165, 1.54) is 24.8 Å². The minimum atomic E-state index is 0.255. The molecule has 2 aliphatic rings. The molecule has 2 aliphatic heterocycles. The Balaban J connectivity index is 1.85. The maximum atomic E-state index is 6.35. The summed E-state index contributed by atoms with van der Waals surface area (Å²) in [6.07, 6.45) is 6.12. The van der Waals surface area contributed by atoms with Crippen LogP contribution >= 0.6 is 0 Å². The maximum Gasteiger partial charge on any atom is 0.118 e. The van der Waals surface area contributed by atoms with E-state index in [4.69, 9.17) is 10.5 Å². The molecule has 0 radical (unpaired) electrons. The van der Waals surface area contributed by atoms with E-state index >= 15 is 0 Å². The number of hydrogen-bond donors (Lipinski definition) is 1. The number of rotatable bonds is 3. The smallest absolute Gasteiger partial charge is 0.118 e. The molecule has 1 aromatic rings. The lowest BCUT2D eigenvalue weighted by Gasteiger charge is -2.61. The van der Waals surface area contributed by atoms with Gasteiger partial charge >= 0.3 is 0 Å². The first kappa shape index (κ1) is 14.9. The van der Waals surface area contributed by atoms with Crippen molar-refractivity contribution in [3.05, 3.63) is 29.8 Å². The lowest BCUT2D eigenvalue weighted by atomic mass is 9.67. The van der Waals surface area contributed by atoms with E-state index in [1.54, 1.807) is 7.11 Å². The SMILES string of the molecule is COc1ccc(CN2[C@@]3(C)CCC[C@]2(C)C[C@@H](N)C3)cc1. The number of fused-ring (bicyclic) bond motifs is 2. The summed E-state index contributed by atoms with van der Waals surface area (Å²) in [5.41, 5.74) is 8.22. The van der Waals surface area contributed by atoms with Crippen LogP contribution in [0.2, 0.25) is 0 Å². The number of ether oxygens (including phenoxy) is 1. The number of hydrogen-bond acceptors (Lipinski definition) is 3. The average Bonchev–Trinajstić information content (AvgIpc) is 2.42. The standard InChI is InChI=1S/C18H28N2O/c1-17-9-4-10-18(2,12-15(19)11-17)20(17)13-14-5-7-16(21-3)8-6-14/h5-8,15H,4,9-13,19H2,1-3H3/t15-,17-,18+. The summed E-state index contributed by atoms with van der Waals surface area (Å²) in [6.45, 7) is 5.84. The Morgan fingerprint density at radius 1 is 1.14 bits per heavy atom. The number of nitrogens with two attached hydrogens (primary N) is 1. The zero-order valence-electron chi connectivity index (χ0n) is 13.6. The van der Waals surface area contributed by atoms with Gasteiger partial charge in [0.1, 0.15) is 5.75 Å². The molecule has 2 saturated heterocycles. The first-order chi connectivity index (χ1) is 9.95. The zero-order valence-corrected chi connectivity index (χ0v) is 13.6. The van der Waals surface area contributed by atoms with Crippen LogP contribution in [0.1, 0.15) is 51.5 Å². The summed E-state index contributed by atoms with van der Waals surface area (Å²) in [4.78, 5) is 2.73. The fourth-order valence-corrected chi connectivity index (χ4v) is 4.69. The van der Waals surface area contributed by atoms with Gasteiger partial charge in [0, 0.05) is 23.7 Å². The molecule has 0 amide bonds. The van der Waals surface area contributed by atoms with Gasteiger partial charge in [-0.2, -0.15) is 0 Å². The van der Waals surface area contributed by atoms with Crippen LogP contribution in [0.4, 0.5) is 0 Å². The van der Waals surface area contributed by atoms with Crippen LogP contribution in [0.3, 0.4) is 0 Å². The summed E-state index contributed by atoms with van der Waals surface area (Å²) < 4.78 is 5.26. The monoisotopic (exact) mass is 288 g/mol. The maximum absolute atomic E-state index is 6.35. The van der Waals surface area contributed by atoms with Crippen molar-refractivity contribution in [3.63, 3.8) is 0 Å². The first-order valence-corrected chi connectivity index (χ1v) is 8.11. The lowest BCUT2D eigenvalue weighted by molar-refractivity contribution is -0.0971. The van der Waals surface area contributed by atoms with Gasteiger partial charge in [0.05, 0.1) is 7.11 Å². The Kier molecular flexibility index (Phi) is 3.74. The normalized spacial score (nSPS) is 36.5. The van der Waals surface area contributed by atoms with Crippen LogP contribution in [-0.2, 0) is 6.54 Å². The Bertz CT molecular complexity index is 480. The molecule has 2 fully saturated rings. The molecule has 3 rings (SSSR count). The van der Waals surface area contributed by atoms with E-state index in [0.29, 0.717) is 6.04 Å². The molecule has 1 aromatic carbocycles. The molecule has 21 heavy (non-hydrogen) atoms. The minimum absolute atomic E-state index is 0.255. The van der Waals surface area contributed by atoms with Gasteiger partial charge < -0.3 is 10.5 Å². The van der Waals surface area contributed by atoms with Crippen molar-refractivity contribution in [1.82, 2.24) is 4.90 Å². The summed E-state index contributed by atoms with van der Waals surface area (Å²) in [6, 6.07) is 8.86. The Morgan fingerprint density at radius 3 is 2.24 bits per heavy atom. The molecule has 3 heteroatoms. The molecular weight excluding hydrogens is 260 g/mol. The van der Waals surface area contributed by atoms with Gasteiger partial charge in [-0.25, -0.2) is 0 Å². The fourth-order valence-electron chi connectivity index (χ4n) is 4.69. The third-order valence-electron chi connectivity index (χ3n) is 5.64. The minimum Gasteiger partial charge on any atom is -0.497 e. The van der Waals surface area contributed by atoms with Crippen LogP contribution in [0.25, 0.3) is 0 Å². The summed E-state index contributed by atoms with van der Waals surface area (Å²) >= 11 is 0. The zero-order chi connectivity index (χ0) is 15.1. The van der Waals surface area contributed by atoms with E-state index in [-0.39, 0.29) is 11.1 Å². The Labute approximate surface area is 128 Å². The van der Waals surface area contributed by atoms with Crippen molar-refractivity contribution in [2.75, 3.05) is 7.11 Å². The number of piperidine rings is 2. The highest BCUT2D eigenvalue weighted by Gasteiger charge is 2.51. The van der Waals surface area contributed by atoms with E-state index in [9.17, 15) is 0 Å². The molecule has 116 valence electrons. The highest BCUT2D eigenvalue weighted by molar-refractivity contribution is 5.27. The molecule has 0 aromatic heterocycles. The molecule has 0 unspecified atom stereocenters. The van der Waals surface area contributed by atoms with Gasteiger partial charge in [-0.1, -0.05) is 12.1 Å². The van der Waals surface area contributed by atoms with Gasteiger partial charge in [0.2, 0.25) is 0 Å². The van der Waals surface area contributed by atoms with Gasteiger partial charge in [-0.05, 0) is 63.6 Å². The number of benzene rings is 1. The molecule has 0 aliphatic carbocycles. The average molecular weight is 288 g/mol. The van der Waals surface area contributed by atoms with E-state index in [0.717, 1.165) is 25.1 Å². The third-order valence-corrected chi connectivity index (χ3v) is 5.64. The van der Waals surface area contributed by atoms with Gasteiger partial charge in [0.15, 0.2) is 0 Å². The van der Waals surface area contributed by atoms with Crippen molar-refractivity contribution >= 4 is 0 Å². The highest BCUT2D eigenvalue weighted by Crippen LogP contribution is 2.48. The van der Waals surface area contributed by atoms with Gasteiger partial charge in [-0.3, -0.25) is 4.90 Å². The number of nitrogens with zero attached hydrogens (tertiary/aromatic N) is 1. The van der Waals surface area contributed by atoms with Crippen LogP contribution in [0.15, 0.2) is 24.3 Å². The van der Waals surface area contributed by atoms with Gasteiger partial charge in [-0.15, -0.1) is 0 Å². The predicted octanol–water partition coefficient (Wildman–Crippen LogP) is 3.32. The van der Waals surface area contributed by atoms with Crippen molar-refractivity contribution in [2.45, 2.75) is 69.6 Å². The molecule has 0 spiro atoms. The van der Waals surface area contributed by atoms with Crippen molar-refractivity contribution in [1.29, 1.82) is 0 Å². The second kappa shape index (κ2) is 5.29. The van der Waals surface area contributed by atoms with Crippen LogP contribution in [0.5, 0.6) is 5.75 Å². The fraction of sp³-hybridized carbons (Fsp3) is 0.667. The molecule has 2 bridgehead atoms. The number of methoxy groups -OCH3 is 1. The first-order valence-electron chi connectivity index (χ1n) is 8.11.